The zero-order valence-electron chi connectivity index (χ0n) is 6.64. The molecule has 1 atom stereocenters. The molecule has 2 N–H and O–H groups in total. The summed E-state index contributed by atoms with van der Waals surface area (Å²) in [7, 11) is 0. The molecule has 1 rings (SSSR count). The van der Waals surface area contributed by atoms with Crippen LogP contribution < -0.4 is 5.73 Å². The molecule has 0 amide bonds. The third kappa shape index (κ3) is 3.31. The Labute approximate surface area is 92.4 Å². The molecule has 1 nitrogen and oxygen atoms in total. The number of benzene rings is 1. The topological polar surface area (TPSA) is 26.0 Å². The van der Waals surface area contributed by atoms with Crippen LogP contribution in [0.25, 0.3) is 0 Å². The smallest absolute Gasteiger partial charge is 0.109 e. The Balaban J connectivity index is 0.00000144. The first-order valence-corrected chi connectivity index (χ1v) is 4.17. The Morgan fingerprint density at radius 2 is 2.00 bits per heavy atom. The SMILES string of the molecule is Cl.N[C@@H](CF)c1ccc(Cl)cc1Cl. The van der Waals surface area contributed by atoms with E-state index in [0.29, 0.717) is 15.6 Å². The van der Waals surface area contributed by atoms with Gasteiger partial charge in [0.1, 0.15) is 6.67 Å². The fourth-order valence-corrected chi connectivity index (χ4v) is 1.43. The van der Waals surface area contributed by atoms with Gasteiger partial charge in [0.25, 0.3) is 0 Å². The summed E-state index contributed by atoms with van der Waals surface area (Å²) in [5, 5.41) is 0.933. The van der Waals surface area contributed by atoms with Crippen LogP contribution in [0.4, 0.5) is 4.39 Å². The fourth-order valence-electron chi connectivity index (χ4n) is 0.885. The zero-order chi connectivity index (χ0) is 9.14. The van der Waals surface area contributed by atoms with E-state index in [1.165, 1.54) is 0 Å². The van der Waals surface area contributed by atoms with E-state index in [1.54, 1.807) is 18.2 Å². The molecule has 0 saturated heterocycles. The van der Waals surface area contributed by atoms with Crippen molar-refractivity contribution >= 4 is 35.6 Å². The number of hydrogen-bond donors (Lipinski definition) is 1. The van der Waals surface area contributed by atoms with E-state index in [1.807, 2.05) is 0 Å². The number of hydrogen-bond acceptors (Lipinski definition) is 1. The molecular weight excluding hydrogens is 235 g/mol. The maximum absolute atomic E-state index is 12.1. The molecule has 0 heterocycles. The molecular formula is C8H9Cl3FN. The summed E-state index contributed by atoms with van der Waals surface area (Å²) in [5.74, 6) is 0. The van der Waals surface area contributed by atoms with Crippen molar-refractivity contribution in [1.82, 2.24) is 0 Å². The van der Waals surface area contributed by atoms with Gasteiger partial charge in [-0.05, 0) is 17.7 Å². The van der Waals surface area contributed by atoms with Crippen LogP contribution in [-0.2, 0) is 0 Å². The third-order valence-corrected chi connectivity index (χ3v) is 2.09. The summed E-state index contributed by atoms with van der Waals surface area (Å²) in [6.45, 7) is -0.624. The monoisotopic (exact) mass is 243 g/mol. The van der Waals surface area contributed by atoms with Gasteiger partial charge in [-0.3, -0.25) is 0 Å². The van der Waals surface area contributed by atoms with Crippen molar-refractivity contribution in [2.75, 3.05) is 6.67 Å². The lowest BCUT2D eigenvalue weighted by Gasteiger charge is -2.09. The fraction of sp³-hybridized carbons (Fsp3) is 0.250. The Morgan fingerprint density at radius 3 is 2.46 bits per heavy atom. The van der Waals surface area contributed by atoms with E-state index in [2.05, 4.69) is 0 Å². The maximum atomic E-state index is 12.1. The summed E-state index contributed by atoms with van der Waals surface area (Å²) in [5.41, 5.74) is 6.03. The molecule has 0 aliphatic carbocycles. The second-order valence-corrected chi connectivity index (χ2v) is 3.27. The quantitative estimate of drug-likeness (QED) is 0.848. The van der Waals surface area contributed by atoms with E-state index < -0.39 is 12.7 Å². The van der Waals surface area contributed by atoms with Gasteiger partial charge in [0, 0.05) is 10.0 Å². The van der Waals surface area contributed by atoms with Crippen LogP contribution in [0, 0.1) is 0 Å². The second kappa shape index (κ2) is 5.66. The molecule has 0 fully saturated rings. The number of rotatable bonds is 2. The van der Waals surface area contributed by atoms with Crippen LogP contribution in [0.1, 0.15) is 11.6 Å². The molecule has 74 valence electrons. The van der Waals surface area contributed by atoms with Gasteiger partial charge >= 0.3 is 0 Å². The highest BCUT2D eigenvalue weighted by Crippen LogP contribution is 2.25. The van der Waals surface area contributed by atoms with Crippen LogP contribution in [0.3, 0.4) is 0 Å². The Bertz CT molecular complexity index is 280. The summed E-state index contributed by atoms with van der Waals surface area (Å²) in [6.07, 6.45) is 0. The van der Waals surface area contributed by atoms with Gasteiger partial charge in [0.2, 0.25) is 0 Å². The second-order valence-electron chi connectivity index (χ2n) is 2.43. The van der Waals surface area contributed by atoms with Gasteiger partial charge < -0.3 is 5.73 Å². The van der Waals surface area contributed by atoms with Gasteiger partial charge in [-0.1, -0.05) is 29.3 Å². The molecule has 1 aromatic rings. The molecule has 1 aromatic carbocycles. The van der Waals surface area contributed by atoms with Gasteiger partial charge in [-0.15, -0.1) is 12.4 Å². The Morgan fingerprint density at radius 1 is 1.38 bits per heavy atom. The molecule has 0 saturated carbocycles. The zero-order valence-corrected chi connectivity index (χ0v) is 8.96. The lowest BCUT2D eigenvalue weighted by atomic mass is 10.1. The number of nitrogens with two attached hydrogens (primary N) is 1. The minimum absolute atomic E-state index is 0. The van der Waals surface area contributed by atoms with Crippen LogP contribution in [0.2, 0.25) is 10.0 Å². The first-order chi connectivity index (χ1) is 5.65. The van der Waals surface area contributed by atoms with Gasteiger partial charge in [-0.25, -0.2) is 4.39 Å². The summed E-state index contributed by atoms with van der Waals surface area (Å²) in [4.78, 5) is 0. The first kappa shape index (κ1) is 13.0. The van der Waals surface area contributed by atoms with Crippen molar-refractivity contribution in [3.63, 3.8) is 0 Å². The van der Waals surface area contributed by atoms with Crippen molar-refractivity contribution in [2.45, 2.75) is 6.04 Å². The summed E-state index contributed by atoms with van der Waals surface area (Å²) in [6, 6.07) is 4.16. The lowest BCUT2D eigenvalue weighted by Crippen LogP contribution is -2.12. The summed E-state index contributed by atoms with van der Waals surface area (Å²) >= 11 is 11.4. The highest BCUT2D eigenvalue weighted by Gasteiger charge is 2.09. The van der Waals surface area contributed by atoms with E-state index in [9.17, 15) is 4.39 Å². The Hall–Kier alpha value is -0.0200. The molecule has 13 heavy (non-hydrogen) atoms. The number of alkyl halides is 1. The van der Waals surface area contributed by atoms with Crippen molar-refractivity contribution in [1.29, 1.82) is 0 Å². The number of halogens is 4. The van der Waals surface area contributed by atoms with Crippen LogP contribution >= 0.6 is 35.6 Å². The molecule has 0 aromatic heterocycles. The van der Waals surface area contributed by atoms with Crippen molar-refractivity contribution in [3.05, 3.63) is 33.8 Å². The van der Waals surface area contributed by atoms with Crippen molar-refractivity contribution in [3.8, 4) is 0 Å². The van der Waals surface area contributed by atoms with E-state index in [-0.39, 0.29) is 12.4 Å². The highest BCUT2D eigenvalue weighted by atomic mass is 35.5. The molecule has 0 radical (unpaired) electrons. The molecule has 5 heteroatoms. The van der Waals surface area contributed by atoms with Gasteiger partial charge in [-0.2, -0.15) is 0 Å². The average Bonchev–Trinajstić information content (AvgIpc) is 2.03. The minimum atomic E-state index is -0.658. The first-order valence-electron chi connectivity index (χ1n) is 3.41. The average molecular weight is 245 g/mol. The third-order valence-electron chi connectivity index (χ3n) is 1.53. The van der Waals surface area contributed by atoms with Crippen LogP contribution in [0.5, 0.6) is 0 Å². The largest absolute Gasteiger partial charge is 0.322 e. The molecule has 0 aliphatic rings. The minimum Gasteiger partial charge on any atom is -0.322 e. The standard InChI is InChI=1S/C8H8Cl2FN.ClH/c9-5-1-2-6(7(10)3-5)8(12)4-11;/h1-3,8H,4,12H2;1H/t8-;/m0./s1. The molecule has 0 aliphatic heterocycles. The van der Waals surface area contributed by atoms with Crippen LogP contribution in [0.15, 0.2) is 18.2 Å². The maximum Gasteiger partial charge on any atom is 0.109 e. The normalized spacial score (nSPS) is 12.0. The highest BCUT2D eigenvalue weighted by molar-refractivity contribution is 6.35. The predicted molar refractivity (Wildman–Crippen MR) is 56.6 cm³/mol. The van der Waals surface area contributed by atoms with Gasteiger partial charge in [0.15, 0.2) is 0 Å². The molecule has 0 bridgehead atoms. The van der Waals surface area contributed by atoms with E-state index in [4.69, 9.17) is 28.9 Å². The van der Waals surface area contributed by atoms with Crippen LogP contribution in [-0.4, -0.2) is 6.67 Å². The van der Waals surface area contributed by atoms with Crippen molar-refractivity contribution in [2.24, 2.45) is 5.73 Å². The predicted octanol–water partition coefficient (Wildman–Crippen LogP) is 3.38. The van der Waals surface area contributed by atoms with E-state index in [0.717, 1.165) is 0 Å². The van der Waals surface area contributed by atoms with Gasteiger partial charge in [0.05, 0.1) is 6.04 Å². The van der Waals surface area contributed by atoms with Crippen molar-refractivity contribution < 1.29 is 4.39 Å². The Kier molecular flexibility index (Phi) is 5.65. The lowest BCUT2D eigenvalue weighted by molar-refractivity contribution is 0.437. The molecule has 0 unspecified atom stereocenters. The van der Waals surface area contributed by atoms with E-state index >= 15 is 0 Å². The summed E-state index contributed by atoms with van der Waals surface area (Å²) < 4.78 is 12.1. The molecule has 0 spiro atoms.